The van der Waals surface area contributed by atoms with E-state index in [0.29, 0.717) is 38.5 Å². The zero-order chi connectivity index (χ0) is 82.5. The Hall–Kier alpha value is -3.05. The Bertz CT molecular complexity index is 2460. The first kappa shape index (κ1) is 104. The third kappa shape index (κ3) is 47.5. The van der Waals surface area contributed by atoms with E-state index >= 15 is 0 Å². The van der Waals surface area contributed by atoms with Crippen molar-refractivity contribution in [2.45, 2.75) is 479 Å². The van der Waals surface area contributed by atoms with E-state index in [1.807, 2.05) is 0 Å². The Morgan fingerprint density at radius 2 is 0.664 bits per heavy atom. The van der Waals surface area contributed by atoms with Crippen molar-refractivity contribution in [2.75, 3.05) is 26.4 Å². The Morgan fingerprint density at radius 1 is 0.345 bits per heavy atom. The van der Waals surface area contributed by atoms with Gasteiger partial charge in [-0.25, -0.2) is 4.57 Å². The van der Waals surface area contributed by atoms with Gasteiger partial charge in [0.05, 0.1) is 13.2 Å². The molecule has 1 saturated carbocycles. The highest BCUT2D eigenvalue weighted by Gasteiger charge is 2.60. The van der Waals surface area contributed by atoms with Crippen LogP contribution in [0.15, 0.2) is 24.3 Å². The molecule has 2 heterocycles. The highest BCUT2D eigenvalue weighted by atomic mass is 31.2. The molecule has 662 valence electrons. The molecule has 3 fully saturated rings. The number of phosphoric acid groups is 1. The van der Waals surface area contributed by atoms with Crippen molar-refractivity contribution >= 4 is 31.7 Å². The topological polar surface area (TPSA) is 380 Å². The molecule has 113 heavy (non-hydrogen) atoms. The second kappa shape index (κ2) is 66.7. The first-order chi connectivity index (χ1) is 54.7. The summed E-state index contributed by atoms with van der Waals surface area (Å²) in [5, 5.41) is 102. The molecule has 0 spiro atoms. The van der Waals surface area contributed by atoms with Crippen LogP contribution in [-0.2, 0) is 70.7 Å². The molecule has 25 nitrogen and oxygen atoms in total. The highest BCUT2D eigenvalue weighted by Crippen LogP contribution is 2.49. The van der Waals surface area contributed by atoms with Gasteiger partial charge in [0.1, 0.15) is 92.6 Å². The Labute approximate surface area is 679 Å². The van der Waals surface area contributed by atoms with Gasteiger partial charge >= 0.3 is 31.7 Å². The maximum absolute atomic E-state index is 14.9. The standard InChI is InChI=1S/C87H159O25P/c1-5-9-13-17-21-25-29-33-34-38-40-44-48-52-56-60-71(90)104-66-69-75(94)77(96)81(100)87(108-69)111-84-82(109-73(92)62-58-54-50-46-42-37-32-28-24-20-16-12-8-4)78(97)79(98)83(110-86-80(99)76(95)74(93)68(63-88)107-86)85(84)112-113(101,102)105-65-67(106-72(91)61-57-53-49-45-41-36-31-27-23-19-15-11-7-3)64-103-70(89)59-55-51-47-43-39-35-30-26-22-18-14-10-6-2/h35-36,39,41,67-69,74-88,93-100H,5-34,37-38,40,42-66H2,1-4H3,(H,101,102)/b39-35-,41-36-. The Kier molecular flexibility index (Phi) is 61.5. The quantitative estimate of drug-likeness (QED) is 0.00889. The number of esters is 4. The van der Waals surface area contributed by atoms with Crippen LogP contribution in [0.25, 0.3) is 0 Å². The summed E-state index contributed by atoms with van der Waals surface area (Å²) in [7, 11) is -5.81. The van der Waals surface area contributed by atoms with E-state index in [0.717, 1.165) is 122 Å². The molecule has 18 atom stereocenters. The maximum Gasteiger partial charge on any atom is 0.472 e. The summed E-state index contributed by atoms with van der Waals surface area (Å²) in [6, 6.07) is 0. The lowest BCUT2D eigenvalue weighted by molar-refractivity contribution is -0.360. The predicted molar refractivity (Wildman–Crippen MR) is 435 cm³/mol. The normalized spacial score (nSPS) is 25.6. The van der Waals surface area contributed by atoms with Crippen LogP contribution < -0.4 is 0 Å². The van der Waals surface area contributed by atoms with Crippen molar-refractivity contribution in [3.63, 3.8) is 0 Å². The van der Waals surface area contributed by atoms with Gasteiger partial charge < -0.3 is 88.7 Å². The molecule has 26 heteroatoms. The number of hydrogen-bond donors (Lipinski definition) is 10. The first-order valence-electron chi connectivity index (χ1n) is 45.1. The number of aliphatic hydroxyl groups excluding tert-OH is 9. The molecule has 0 aromatic carbocycles. The number of ether oxygens (including phenoxy) is 8. The molecule has 0 aromatic rings. The van der Waals surface area contributed by atoms with E-state index in [-0.39, 0.29) is 25.7 Å². The van der Waals surface area contributed by atoms with Gasteiger partial charge in [0.25, 0.3) is 0 Å². The first-order valence-corrected chi connectivity index (χ1v) is 46.6. The summed E-state index contributed by atoms with van der Waals surface area (Å²) in [5.74, 6) is -3.00. The van der Waals surface area contributed by atoms with E-state index < -0.39 is 162 Å². The van der Waals surface area contributed by atoms with Crippen molar-refractivity contribution in [1.82, 2.24) is 0 Å². The number of carbonyl (C=O) groups excluding carboxylic acids is 4. The zero-order valence-electron chi connectivity index (χ0n) is 70.2. The number of hydrogen-bond acceptors (Lipinski definition) is 24. The lowest BCUT2D eigenvalue weighted by atomic mass is 9.84. The third-order valence-electron chi connectivity index (χ3n) is 21.9. The molecular formula is C87H159O25P. The van der Waals surface area contributed by atoms with Crippen molar-refractivity contribution in [1.29, 1.82) is 0 Å². The molecule has 0 bridgehead atoms. The van der Waals surface area contributed by atoms with Crippen molar-refractivity contribution in [3.05, 3.63) is 24.3 Å². The van der Waals surface area contributed by atoms with E-state index in [2.05, 4.69) is 52.0 Å². The van der Waals surface area contributed by atoms with Crippen LogP contribution in [0.4, 0.5) is 0 Å². The number of allylic oxidation sites excluding steroid dienone is 4. The molecule has 1 aliphatic carbocycles. The molecule has 10 N–H and O–H groups in total. The summed E-state index contributed by atoms with van der Waals surface area (Å²) in [5.41, 5.74) is 0. The minimum atomic E-state index is -5.81. The van der Waals surface area contributed by atoms with Gasteiger partial charge in [-0.15, -0.1) is 0 Å². The minimum absolute atomic E-state index is 0.0110. The fourth-order valence-electron chi connectivity index (χ4n) is 14.7. The maximum atomic E-state index is 14.9. The van der Waals surface area contributed by atoms with Crippen LogP contribution in [-0.4, -0.2) is 205 Å². The Balaban J connectivity index is 1.93. The van der Waals surface area contributed by atoms with Gasteiger partial charge in [-0.3, -0.25) is 28.2 Å². The summed E-state index contributed by atoms with van der Waals surface area (Å²) < 4.78 is 73.2. The van der Waals surface area contributed by atoms with Crippen LogP contribution in [0.2, 0.25) is 0 Å². The summed E-state index contributed by atoms with van der Waals surface area (Å²) in [6.07, 6.45) is 24.9. The van der Waals surface area contributed by atoms with Crippen LogP contribution in [0.3, 0.4) is 0 Å². The smallest absolute Gasteiger partial charge is 0.463 e. The minimum Gasteiger partial charge on any atom is -0.463 e. The molecule has 3 aliphatic rings. The molecule has 0 radical (unpaired) electrons. The second-order valence-electron chi connectivity index (χ2n) is 32.1. The predicted octanol–water partition coefficient (Wildman–Crippen LogP) is 15.8. The number of aliphatic hydroxyl groups is 9. The van der Waals surface area contributed by atoms with E-state index in [1.54, 1.807) is 0 Å². The number of rotatable bonds is 72. The average Bonchev–Trinajstić information content (AvgIpc) is 0.754. The molecular weight excluding hydrogens is 1480 g/mol. The molecule has 2 aliphatic heterocycles. The third-order valence-corrected chi connectivity index (χ3v) is 22.9. The van der Waals surface area contributed by atoms with E-state index in [4.69, 9.17) is 46.9 Å². The summed E-state index contributed by atoms with van der Waals surface area (Å²) >= 11 is 0. The summed E-state index contributed by atoms with van der Waals surface area (Å²) in [4.78, 5) is 66.2. The molecule has 2 saturated heterocycles. The van der Waals surface area contributed by atoms with Gasteiger partial charge in [0, 0.05) is 25.7 Å². The van der Waals surface area contributed by atoms with Crippen LogP contribution in [0.5, 0.6) is 0 Å². The fraction of sp³-hybridized carbons (Fsp3) is 0.908. The number of carbonyl (C=O) groups is 4. The summed E-state index contributed by atoms with van der Waals surface area (Å²) in [6.45, 7) is 5.53. The van der Waals surface area contributed by atoms with Crippen molar-refractivity contribution in [2.24, 2.45) is 0 Å². The monoisotopic (exact) mass is 1640 g/mol. The molecule has 0 amide bonds. The van der Waals surface area contributed by atoms with Crippen molar-refractivity contribution < 1.29 is 122 Å². The van der Waals surface area contributed by atoms with Gasteiger partial charge in [-0.05, 0) is 77.0 Å². The fourth-order valence-corrected chi connectivity index (χ4v) is 15.7. The average molecular weight is 1640 g/mol. The SMILES string of the molecule is CCCCCCCC/C=C\CCCCCC(=O)OCC(COP(=O)(O)OC1C(OC2OC(CO)C(O)C(O)C2O)C(O)C(O)C(OC(=O)CCCCCCCCCCCCCCC)C1OC1OC(COC(=O)CCCCCCCCCCCCCCCCC)C(O)C(O)C1O)OC(=O)CCCCC/C=C\CCCCCCCC. The van der Waals surface area contributed by atoms with Gasteiger partial charge in [-0.1, -0.05) is 296 Å². The van der Waals surface area contributed by atoms with Gasteiger partial charge in [0.15, 0.2) is 24.8 Å². The second-order valence-corrected chi connectivity index (χ2v) is 33.5. The Morgan fingerprint density at radius 3 is 1.06 bits per heavy atom. The van der Waals surface area contributed by atoms with Crippen LogP contribution in [0.1, 0.15) is 374 Å². The zero-order valence-corrected chi connectivity index (χ0v) is 71.1. The number of unbranched alkanes of at least 4 members (excludes halogenated alkanes) is 44. The molecule has 18 unspecified atom stereocenters. The van der Waals surface area contributed by atoms with Gasteiger partial charge in [-0.2, -0.15) is 0 Å². The highest BCUT2D eigenvalue weighted by molar-refractivity contribution is 7.47. The molecule has 3 rings (SSSR count). The van der Waals surface area contributed by atoms with Crippen molar-refractivity contribution in [3.8, 4) is 0 Å². The number of phosphoric ester groups is 1. The van der Waals surface area contributed by atoms with E-state index in [9.17, 15) is 74.6 Å². The lowest BCUT2D eigenvalue weighted by Gasteiger charge is -2.50. The van der Waals surface area contributed by atoms with Crippen LogP contribution in [0, 0.1) is 0 Å². The largest absolute Gasteiger partial charge is 0.472 e. The van der Waals surface area contributed by atoms with E-state index in [1.165, 1.54) is 161 Å². The lowest BCUT2D eigenvalue weighted by Crippen LogP contribution is -2.70. The molecule has 0 aromatic heterocycles. The van der Waals surface area contributed by atoms with Crippen LogP contribution >= 0.6 is 7.82 Å². The van der Waals surface area contributed by atoms with Gasteiger partial charge in [0.2, 0.25) is 0 Å².